The Bertz CT molecular complexity index is 6130. The van der Waals surface area contributed by atoms with Gasteiger partial charge in [-0.1, -0.05) is 284 Å². The third kappa shape index (κ3) is 9.21. The Kier molecular flexibility index (Phi) is 8.49. The van der Waals surface area contributed by atoms with Crippen molar-refractivity contribution in [2.75, 3.05) is 14.7 Å². The summed E-state index contributed by atoms with van der Waals surface area (Å²) in [5, 5.41) is 0. The van der Waals surface area contributed by atoms with Gasteiger partial charge in [0.25, 0.3) is 6.71 Å². The molecule has 3 aliphatic carbocycles. The molecule has 2 saturated carbocycles. The van der Waals surface area contributed by atoms with Crippen molar-refractivity contribution in [1.29, 1.82) is 0 Å². The third-order valence-electron chi connectivity index (χ3n) is 20.7. The van der Waals surface area contributed by atoms with Crippen LogP contribution in [0.1, 0.15) is 142 Å². The van der Waals surface area contributed by atoms with Crippen molar-refractivity contribution in [2.45, 2.75) is 102 Å². The highest BCUT2D eigenvalue weighted by Crippen LogP contribution is 2.57. The fourth-order valence-corrected chi connectivity index (χ4v) is 16.8. The highest BCUT2D eigenvalue weighted by molar-refractivity contribution is 7.00. The van der Waals surface area contributed by atoms with Gasteiger partial charge in [0.15, 0.2) is 0 Å². The van der Waals surface area contributed by atoms with Gasteiger partial charge in [-0.15, -0.1) is 0 Å². The van der Waals surface area contributed by atoms with Crippen LogP contribution < -0.4 is 31.1 Å². The first kappa shape index (κ1) is 36.5. The summed E-state index contributed by atoms with van der Waals surface area (Å²) in [6, 6.07) is 19.8. The smallest absolute Gasteiger partial charge is 0.252 e. The lowest BCUT2D eigenvalue weighted by Crippen LogP contribution is -2.62. The number of fused-ring (bicyclic) bond motifs is 7. The first-order chi connectivity index (χ1) is 56.2. The molecule has 94 heavy (non-hydrogen) atoms. The molecule has 0 amide bonds. The molecule has 12 aromatic rings. The van der Waals surface area contributed by atoms with E-state index in [9.17, 15) is 27.4 Å². The summed E-state index contributed by atoms with van der Waals surface area (Å²) in [5.41, 5.74) is 6.47. The summed E-state index contributed by atoms with van der Waals surface area (Å²) < 4.78 is 238. The van der Waals surface area contributed by atoms with E-state index in [1.807, 2.05) is 30.3 Å². The standard InChI is InChI=1S/C90H78BN3/c1-89(2,3)66-39-42-75-77(54-66)78-55-67(90(4,5)6)40-43-76(78)85(75)64-38-44-79-81(51-64)93(87-71(60-26-14-8-15-27-60)34-22-35-72(87)61-28-16-9-17-29-61)83-52-65(59-24-12-7-13-25-59)53-84-86(83)91(79)80-45-41-68(92-69-47-57-46-58(49-69)50-70(92)48-57)56-82(80)94(84)88-73(62-30-18-10-19-31-62)36-23-37-74(88)63-32-20-11-21-33-63/h7-45,51-58,69-70,85H,46-50H2,1-6H3/i7D,8D,9D,10D,11D,12D,13D,14D,15D,16D,17D,18D,19D,20D,21D,24D,25D,26D,27D,28D,29D,30D,31D,32D,33D. The van der Waals surface area contributed by atoms with Gasteiger partial charge >= 0.3 is 0 Å². The molecule has 4 aliphatic heterocycles. The van der Waals surface area contributed by atoms with E-state index >= 15 is 0 Å². The largest absolute Gasteiger partial charge is 0.365 e. The van der Waals surface area contributed by atoms with E-state index in [2.05, 4.69) is 88.9 Å². The number of nitrogens with zero attached hydrogens (tertiary/aromatic N) is 3. The molecule has 4 heteroatoms. The summed E-state index contributed by atoms with van der Waals surface area (Å²) in [4.78, 5) is 5.95. The molecular formula is C90H78BN3. The van der Waals surface area contributed by atoms with Crippen LogP contribution in [0, 0.1) is 11.8 Å². The van der Waals surface area contributed by atoms with Crippen molar-refractivity contribution in [2.24, 2.45) is 11.8 Å². The normalized spacial score (nSPS) is 21.9. The van der Waals surface area contributed by atoms with E-state index in [1.165, 1.54) is 36.4 Å². The zero-order valence-electron chi connectivity index (χ0n) is 77.9. The van der Waals surface area contributed by atoms with E-state index < -0.39 is 164 Å². The predicted octanol–water partition coefficient (Wildman–Crippen LogP) is 21.6. The summed E-state index contributed by atoms with van der Waals surface area (Å²) in [6.07, 6.45) is 4.76. The Labute approximate surface area is 591 Å². The van der Waals surface area contributed by atoms with Crippen molar-refractivity contribution < 1.29 is 34.3 Å². The fraction of sp³-hybridized carbons (Fsp3) is 0.200. The monoisotopic (exact) mass is 1240 g/mol. The molecule has 0 spiro atoms. The van der Waals surface area contributed by atoms with E-state index in [0.29, 0.717) is 45.2 Å². The Balaban J connectivity index is 1.07. The van der Waals surface area contributed by atoms with E-state index in [0.717, 1.165) is 71.2 Å². The number of rotatable bonds is 9. The zero-order chi connectivity index (χ0) is 84.9. The van der Waals surface area contributed by atoms with Crippen LogP contribution in [0.4, 0.5) is 39.8 Å². The fourth-order valence-electron chi connectivity index (χ4n) is 16.8. The molecule has 7 aliphatic rings. The minimum Gasteiger partial charge on any atom is -0.365 e. The Morgan fingerprint density at radius 1 is 0.362 bits per heavy atom. The van der Waals surface area contributed by atoms with Gasteiger partial charge < -0.3 is 14.7 Å². The lowest BCUT2D eigenvalue weighted by molar-refractivity contribution is 0.0900. The molecule has 0 aromatic heterocycles. The van der Waals surface area contributed by atoms with Crippen LogP contribution in [0.5, 0.6) is 0 Å². The van der Waals surface area contributed by atoms with Crippen molar-refractivity contribution in [1.82, 2.24) is 0 Å². The van der Waals surface area contributed by atoms with Gasteiger partial charge in [0.1, 0.15) is 0 Å². The average Bonchev–Trinajstić information content (AvgIpc) is 0.722. The number of para-hydroxylation sites is 2. The van der Waals surface area contributed by atoms with E-state index in [1.54, 1.807) is 21.9 Å². The molecule has 0 N–H and O–H groups in total. The molecule has 0 radical (unpaired) electrons. The van der Waals surface area contributed by atoms with Crippen LogP contribution in [0.2, 0.25) is 0 Å². The number of hydrogen-bond acceptors (Lipinski definition) is 3. The van der Waals surface area contributed by atoms with E-state index in [4.69, 9.17) is 6.85 Å². The van der Waals surface area contributed by atoms with Crippen LogP contribution in [0.25, 0.3) is 66.8 Å². The van der Waals surface area contributed by atoms with Crippen LogP contribution >= 0.6 is 0 Å². The lowest BCUT2D eigenvalue weighted by atomic mass is 9.33. The second-order valence-electron chi connectivity index (χ2n) is 28.2. The molecule has 0 atom stereocenters. The molecule has 12 aromatic carbocycles. The maximum Gasteiger partial charge on any atom is 0.252 e. The van der Waals surface area contributed by atoms with Crippen molar-refractivity contribution in [3.8, 4) is 66.8 Å². The minimum absolute atomic E-state index is 0.0680. The maximum absolute atomic E-state index is 10.0. The molecule has 456 valence electrons. The Hall–Kier alpha value is -9.90. The zero-order valence-corrected chi connectivity index (χ0v) is 52.9. The molecule has 19 rings (SSSR count). The summed E-state index contributed by atoms with van der Waals surface area (Å²) >= 11 is 0. The van der Waals surface area contributed by atoms with Gasteiger partial charge in [0, 0.05) is 68.7 Å². The van der Waals surface area contributed by atoms with Crippen LogP contribution in [0.15, 0.2) is 272 Å². The third-order valence-corrected chi connectivity index (χ3v) is 20.7. The van der Waals surface area contributed by atoms with Gasteiger partial charge in [-0.25, -0.2) is 0 Å². The van der Waals surface area contributed by atoms with Gasteiger partial charge in [-0.3, -0.25) is 0 Å². The van der Waals surface area contributed by atoms with Crippen molar-refractivity contribution >= 4 is 62.9 Å². The molecule has 0 unspecified atom stereocenters. The first-order valence-electron chi connectivity index (χ1n) is 45.0. The van der Waals surface area contributed by atoms with Crippen LogP contribution in [-0.4, -0.2) is 18.8 Å². The average molecular weight is 1240 g/mol. The van der Waals surface area contributed by atoms with Crippen LogP contribution in [-0.2, 0) is 10.8 Å². The number of anilines is 7. The molecule has 3 nitrogen and oxygen atoms in total. The predicted molar refractivity (Wildman–Crippen MR) is 398 cm³/mol. The van der Waals surface area contributed by atoms with Gasteiger partial charge in [-0.05, 0) is 174 Å². The van der Waals surface area contributed by atoms with E-state index in [-0.39, 0.29) is 101 Å². The summed E-state index contributed by atoms with van der Waals surface area (Å²) in [7, 11) is 0. The SMILES string of the molecule is [2H]c1c([2H])c([2H])c(-c2cc3c4c(c2)N(c2c(-c5c([2H])c([2H])c([2H])c([2H])c5[2H])cccc2-c2c([2H])c([2H])c([2H])c([2H])c2[2H])c2cc(N5C6CC7CC(C6)CC5C7)ccc2B4c2ccc(C4c5ccc(C(C)(C)C)cc5-c5cc(C(C)(C)C)ccc54)cc2N3c2c(-c3c([2H])c([2H])c([2H])c([2H])c3[2H])cccc2-c2c([2H])c([2H])c([2H])c([2H])c2[2H])c([2H])c1[2H]. The highest BCUT2D eigenvalue weighted by atomic mass is 15.2. The number of hydrogen-bond donors (Lipinski definition) is 0. The number of benzene rings is 12. The molecular weight excluding hydrogens is 1130 g/mol. The van der Waals surface area contributed by atoms with Crippen molar-refractivity contribution in [3.05, 3.63) is 300 Å². The summed E-state index contributed by atoms with van der Waals surface area (Å²) in [6.45, 7) is 11.9. The second kappa shape index (κ2) is 21.9. The number of piperidine rings is 2. The van der Waals surface area contributed by atoms with Crippen LogP contribution in [0.3, 0.4) is 0 Å². The van der Waals surface area contributed by atoms with Gasteiger partial charge in [0.05, 0.1) is 45.6 Å². The Morgan fingerprint density at radius 3 is 1.17 bits per heavy atom. The highest BCUT2D eigenvalue weighted by Gasteiger charge is 2.50. The molecule has 2 saturated heterocycles. The quantitative estimate of drug-likeness (QED) is 0.133. The van der Waals surface area contributed by atoms with Gasteiger partial charge in [0.2, 0.25) is 0 Å². The maximum atomic E-state index is 10.0. The topological polar surface area (TPSA) is 9.72 Å². The Morgan fingerprint density at radius 2 is 0.755 bits per heavy atom. The van der Waals surface area contributed by atoms with Crippen molar-refractivity contribution in [3.63, 3.8) is 0 Å². The molecule has 4 bridgehead atoms. The second-order valence-corrected chi connectivity index (χ2v) is 28.2. The summed E-state index contributed by atoms with van der Waals surface area (Å²) in [5.74, 6) is 0.428. The first-order valence-corrected chi connectivity index (χ1v) is 32.5. The molecule has 4 fully saturated rings. The lowest BCUT2D eigenvalue weighted by Gasteiger charge is -2.57. The van der Waals surface area contributed by atoms with Gasteiger partial charge in [-0.2, -0.15) is 0 Å². The minimum atomic E-state index is -1.04. The molecule has 4 heterocycles.